The lowest BCUT2D eigenvalue weighted by Gasteiger charge is -2.31. The SMILES string of the molecule is COCC(=O)N1C[C@@H]2C[C@H]1C(=O)N(Cc1ccc(OC)cc1)c1ccccc1O2. The number of fused-ring (bicyclic) bond motifs is 3. The molecule has 0 saturated carbocycles. The van der Waals surface area contributed by atoms with Gasteiger partial charge in [-0.3, -0.25) is 9.59 Å². The molecule has 2 heterocycles. The van der Waals surface area contributed by atoms with Crippen LogP contribution in [0.15, 0.2) is 48.5 Å². The van der Waals surface area contributed by atoms with Gasteiger partial charge in [-0.1, -0.05) is 24.3 Å². The quantitative estimate of drug-likeness (QED) is 0.775. The first-order chi connectivity index (χ1) is 14.1. The van der Waals surface area contributed by atoms with Crippen molar-refractivity contribution in [2.45, 2.75) is 25.1 Å². The highest BCUT2D eigenvalue weighted by Crippen LogP contribution is 2.37. The number of nitrogens with zero attached hydrogens (tertiary/aromatic N) is 2. The molecule has 4 rings (SSSR count). The normalized spacial score (nSPS) is 20.6. The molecule has 0 aliphatic carbocycles. The van der Waals surface area contributed by atoms with Gasteiger partial charge in [0.15, 0.2) is 0 Å². The molecule has 7 heteroatoms. The maximum atomic E-state index is 13.6. The Morgan fingerprint density at radius 2 is 1.90 bits per heavy atom. The Morgan fingerprint density at radius 3 is 2.62 bits per heavy atom. The lowest BCUT2D eigenvalue weighted by atomic mass is 10.1. The first kappa shape index (κ1) is 19.3. The average molecular weight is 396 g/mol. The second kappa shape index (κ2) is 8.13. The molecule has 0 aromatic heterocycles. The Hall–Kier alpha value is -3.06. The van der Waals surface area contributed by atoms with E-state index in [-0.39, 0.29) is 24.5 Å². The highest BCUT2D eigenvalue weighted by Gasteiger charge is 2.44. The molecule has 0 spiro atoms. The molecule has 2 aliphatic heterocycles. The highest BCUT2D eigenvalue weighted by molar-refractivity contribution is 6.01. The number of hydrogen-bond donors (Lipinski definition) is 0. The molecule has 2 aromatic rings. The maximum absolute atomic E-state index is 13.6. The fourth-order valence-corrected chi connectivity index (χ4v) is 3.93. The number of likely N-dealkylation sites (tertiary alicyclic amines) is 1. The van der Waals surface area contributed by atoms with Gasteiger partial charge in [0.25, 0.3) is 0 Å². The van der Waals surface area contributed by atoms with Gasteiger partial charge in [-0.2, -0.15) is 0 Å². The van der Waals surface area contributed by atoms with Crippen LogP contribution in [0.4, 0.5) is 5.69 Å². The van der Waals surface area contributed by atoms with Crippen LogP contribution in [0.1, 0.15) is 12.0 Å². The first-order valence-electron chi connectivity index (χ1n) is 9.59. The Bertz CT molecular complexity index is 898. The molecule has 0 radical (unpaired) electrons. The molecular weight excluding hydrogens is 372 g/mol. The van der Waals surface area contributed by atoms with Crippen LogP contribution in [0.5, 0.6) is 11.5 Å². The van der Waals surface area contributed by atoms with Gasteiger partial charge in [0, 0.05) is 13.5 Å². The summed E-state index contributed by atoms with van der Waals surface area (Å²) in [5, 5.41) is 0. The minimum Gasteiger partial charge on any atom is -0.497 e. The number of hydrogen-bond acceptors (Lipinski definition) is 5. The summed E-state index contributed by atoms with van der Waals surface area (Å²) in [5.74, 6) is 1.10. The van der Waals surface area contributed by atoms with E-state index in [9.17, 15) is 9.59 Å². The molecule has 1 fully saturated rings. The third-order valence-electron chi connectivity index (χ3n) is 5.35. The zero-order chi connectivity index (χ0) is 20.4. The van der Waals surface area contributed by atoms with E-state index in [0.29, 0.717) is 30.9 Å². The number of benzene rings is 2. The van der Waals surface area contributed by atoms with Crippen molar-refractivity contribution in [3.8, 4) is 11.5 Å². The lowest BCUT2D eigenvalue weighted by Crippen LogP contribution is -2.48. The van der Waals surface area contributed by atoms with Crippen molar-refractivity contribution < 1.29 is 23.8 Å². The number of anilines is 1. The molecule has 2 aliphatic rings. The highest BCUT2D eigenvalue weighted by atomic mass is 16.5. The topological polar surface area (TPSA) is 68.3 Å². The van der Waals surface area contributed by atoms with Crippen molar-refractivity contribution in [2.24, 2.45) is 0 Å². The van der Waals surface area contributed by atoms with Crippen molar-refractivity contribution in [3.63, 3.8) is 0 Å². The van der Waals surface area contributed by atoms with Crippen LogP contribution in [-0.4, -0.2) is 56.2 Å². The number of para-hydroxylation sites is 2. The third kappa shape index (κ3) is 3.78. The van der Waals surface area contributed by atoms with E-state index >= 15 is 0 Å². The van der Waals surface area contributed by atoms with Gasteiger partial charge >= 0.3 is 0 Å². The van der Waals surface area contributed by atoms with Crippen LogP contribution < -0.4 is 14.4 Å². The summed E-state index contributed by atoms with van der Waals surface area (Å²) in [6, 6.07) is 14.5. The van der Waals surface area contributed by atoms with Gasteiger partial charge in [0.1, 0.15) is 30.3 Å². The third-order valence-corrected chi connectivity index (χ3v) is 5.35. The summed E-state index contributed by atoms with van der Waals surface area (Å²) < 4.78 is 16.4. The van der Waals surface area contributed by atoms with Gasteiger partial charge < -0.3 is 24.0 Å². The lowest BCUT2D eigenvalue weighted by molar-refractivity contribution is -0.140. The Balaban J connectivity index is 1.69. The molecular formula is C22H24N2O5. The van der Waals surface area contributed by atoms with Crippen LogP contribution in [0.2, 0.25) is 0 Å². The first-order valence-corrected chi connectivity index (χ1v) is 9.59. The largest absolute Gasteiger partial charge is 0.497 e. The van der Waals surface area contributed by atoms with Gasteiger partial charge in [0.2, 0.25) is 11.8 Å². The smallest absolute Gasteiger partial charge is 0.250 e. The summed E-state index contributed by atoms with van der Waals surface area (Å²) in [4.78, 5) is 29.4. The van der Waals surface area contributed by atoms with Crippen molar-refractivity contribution >= 4 is 17.5 Å². The monoisotopic (exact) mass is 396 g/mol. The number of amides is 2. The minimum atomic E-state index is -0.561. The number of methoxy groups -OCH3 is 2. The number of carbonyl (C=O) groups is 2. The molecule has 2 bridgehead atoms. The standard InChI is InChI=1S/C22H24N2O5/c1-27-14-21(25)23-13-17-11-19(23)22(26)24(18-5-3-4-6-20(18)29-17)12-15-7-9-16(28-2)10-8-15/h3-10,17,19H,11-14H2,1-2H3/t17-,19-/m0/s1. The van der Waals surface area contributed by atoms with Crippen LogP contribution in [0.25, 0.3) is 0 Å². The Kier molecular flexibility index (Phi) is 5.40. The van der Waals surface area contributed by atoms with Crippen molar-refractivity contribution in [2.75, 3.05) is 32.3 Å². The maximum Gasteiger partial charge on any atom is 0.250 e. The molecule has 1 saturated heterocycles. The van der Waals surface area contributed by atoms with Crippen LogP contribution in [-0.2, 0) is 20.9 Å². The van der Waals surface area contributed by atoms with Gasteiger partial charge in [-0.15, -0.1) is 0 Å². The molecule has 2 atom stereocenters. The summed E-state index contributed by atoms with van der Waals surface area (Å²) in [7, 11) is 3.09. The van der Waals surface area contributed by atoms with Gasteiger partial charge in [0.05, 0.1) is 25.9 Å². The fraction of sp³-hybridized carbons (Fsp3) is 0.364. The minimum absolute atomic E-state index is 0.0536. The van der Waals surface area contributed by atoms with E-state index in [1.54, 1.807) is 16.9 Å². The molecule has 2 amide bonds. The summed E-state index contributed by atoms with van der Waals surface area (Å²) in [6.45, 7) is 0.696. The van der Waals surface area contributed by atoms with E-state index in [0.717, 1.165) is 11.3 Å². The van der Waals surface area contributed by atoms with Crippen molar-refractivity contribution in [3.05, 3.63) is 54.1 Å². The summed E-state index contributed by atoms with van der Waals surface area (Å²) >= 11 is 0. The average Bonchev–Trinajstić information content (AvgIpc) is 3.17. The molecule has 152 valence electrons. The summed E-state index contributed by atoms with van der Waals surface area (Å²) in [6.07, 6.45) is 0.260. The zero-order valence-electron chi connectivity index (χ0n) is 16.5. The zero-order valence-corrected chi connectivity index (χ0v) is 16.5. The number of rotatable bonds is 5. The Morgan fingerprint density at radius 1 is 1.14 bits per heavy atom. The predicted molar refractivity (Wildman–Crippen MR) is 107 cm³/mol. The predicted octanol–water partition coefficient (Wildman–Crippen LogP) is 2.24. The van der Waals surface area contributed by atoms with E-state index in [1.807, 2.05) is 48.5 Å². The molecule has 0 N–H and O–H groups in total. The van der Waals surface area contributed by atoms with E-state index < -0.39 is 6.04 Å². The van der Waals surface area contributed by atoms with E-state index in [2.05, 4.69) is 0 Å². The molecule has 7 nitrogen and oxygen atoms in total. The second-order valence-corrected chi connectivity index (χ2v) is 7.21. The van der Waals surface area contributed by atoms with Crippen LogP contribution in [0, 0.1) is 0 Å². The second-order valence-electron chi connectivity index (χ2n) is 7.21. The number of carbonyl (C=O) groups excluding carboxylic acids is 2. The molecule has 29 heavy (non-hydrogen) atoms. The van der Waals surface area contributed by atoms with Crippen molar-refractivity contribution in [1.82, 2.24) is 4.90 Å². The fourth-order valence-electron chi connectivity index (χ4n) is 3.93. The molecule has 0 unspecified atom stereocenters. The Labute approximate surface area is 169 Å². The van der Waals surface area contributed by atoms with Crippen molar-refractivity contribution in [1.29, 1.82) is 0 Å². The van der Waals surface area contributed by atoms with E-state index in [1.165, 1.54) is 7.11 Å². The van der Waals surface area contributed by atoms with Crippen LogP contribution in [0.3, 0.4) is 0 Å². The summed E-state index contributed by atoms with van der Waals surface area (Å²) in [5.41, 5.74) is 1.67. The van der Waals surface area contributed by atoms with Gasteiger partial charge in [-0.05, 0) is 29.8 Å². The van der Waals surface area contributed by atoms with Gasteiger partial charge in [-0.25, -0.2) is 0 Å². The van der Waals surface area contributed by atoms with Crippen LogP contribution >= 0.6 is 0 Å². The molecule has 2 aromatic carbocycles. The number of ether oxygens (including phenoxy) is 3. The van der Waals surface area contributed by atoms with E-state index in [4.69, 9.17) is 14.2 Å².